The molecule has 2 heterocycles. The molecule has 0 amide bonds. The highest BCUT2D eigenvalue weighted by Gasteiger charge is 2.29. The first-order valence-corrected chi connectivity index (χ1v) is 8.11. The zero-order chi connectivity index (χ0) is 15.0. The van der Waals surface area contributed by atoms with E-state index in [1.165, 1.54) is 34.9 Å². The lowest BCUT2D eigenvalue weighted by Gasteiger charge is -2.26. The lowest BCUT2D eigenvalue weighted by molar-refractivity contribution is 0.383. The first-order valence-electron chi connectivity index (χ1n) is 6.29. The van der Waals surface area contributed by atoms with Crippen LogP contribution in [-0.2, 0) is 23.0 Å². The summed E-state index contributed by atoms with van der Waals surface area (Å²) in [7, 11) is -3.61. The van der Waals surface area contributed by atoms with Gasteiger partial charge in [0.1, 0.15) is 0 Å². The zero-order valence-electron chi connectivity index (χ0n) is 10.9. The smallest absolute Gasteiger partial charge is 0.254 e. The fourth-order valence-electron chi connectivity index (χ4n) is 2.30. The fourth-order valence-corrected chi connectivity index (χ4v) is 3.83. The van der Waals surface area contributed by atoms with Crippen molar-refractivity contribution in [3.05, 3.63) is 57.2 Å². The van der Waals surface area contributed by atoms with Gasteiger partial charge >= 0.3 is 0 Å². The van der Waals surface area contributed by atoms with Gasteiger partial charge in [0.15, 0.2) is 0 Å². The minimum absolute atomic E-state index is 0.101. The minimum Gasteiger partial charge on any atom is -0.313 e. The van der Waals surface area contributed by atoms with Gasteiger partial charge in [-0.2, -0.15) is 4.31 Å². The van der Waals surface area contributed by atoms with Crippen molar-refractivity contribution < 1.29 is 8.42 Å². The molecule has 0 radical (unpaired) electrons. The van der Waals surface area contributed by atoms with Crippen LogP contribution in [0, 0.1) is 0 Å². The number of aromatic amines is 1. The molecular weight excluding hydrogens is 314 g/mol. The maximum absolute atomic E-state index is 12.6. The SMILES string of the molecule is O=c1[nH]cnc2c1CCN(S(=O)(=O)c1ccc(Cl)cc1)C2. The van der Waals surface area contributed by atoms with E-state index in [1.807, 2.05) is 0 Å². The van der Waals surface area contributed by atoms with Gasteiger partial charge in [-0.3, -0.25) is 4.79 Å². The van der Waals surface area contributed by atoms with Crippen LogP contribution < -0.4 is 5.56 Å². The first kappa shape index (κ1) is 14.2. The number of nitrogens with zero attached hydrogens (tertiary/aromatic N) is 2. The molecule has 1 aliphatic rings. The van der Waals surface area contributed by atoms with E-state index in [1.54, 1.807) is 0 Å². The van der Waals surface area contributed by atoms with E-state index in [2.05, 4.69) is 9.97 Å². The standard InChI is InChI=1S/C13H12ClN3O3S/c14-9-1-3-10(4-2-9)21(19,20)17-6-5-11-12(7-17)15-8-16-13(11)18/h1-4,8H,5-7H2,(H,15,16,18). The lowest BCUT2D eigenvalue weighted by atomic mass is 10.1. The van der Waals surface area contributed by atoms with Crippen LogP contribution in [0.3, 0.4) is 0 Å². The first-order chi connectivity index (χ1) is 9.98. The molecule has 0 spiro atoms. The summed E-state index contributed by atoms with van der Waals surface area (Å²) in [5.41, 5.74) is 0.853. The Labute approximate surface area is 126 Å². The second kappa shape index (κ2) is 5.25. The number of aromatic nitrogens is 2. The van der Waals surface area contributed by atoms with Crippen molar-refractivity contribution in [2.24, 2.45) is 0 Å². The molecule has 6 nitrogen and oxygen atoms in total. The normalized spacial score (nSPS) is 15.7. The number of rotatable bonds is 2. The molecule has 1 N–H and O–H groups in total. The highest BCUT2D eigenvalue weighted by Crippen LogP contribution is 2.23. The molecule has 21 heavy (non-hydrogen) atoms. The summed E-state index contributed by atoms with van der Waals surface area (Å²) in [6.07, 6.45) is 1.64. The van der Waals surface area contributed by atoms with Crippen LogP contribution in [0.15, 0.2) is 40.3 Å². The zero-order valence-corrected chi connectivity index (χ0v) is 12.5. The second-order valence-electron chi connectivity index (χ2n) is 4.70. The van der Waals surface area contributed by atoms with E-state index in [-0.39, 0.29) is 23.5 Å². The van der Waals surface area contributed by atoms with Crippen LogP contribution in [0.25, 0.3) is 0 Å². The van der Waals surface area contributed by atoms with E-state index in [0.29, 0.717) is 22.7 Å². The number of halogens is 1. The van der Waals surface area contributed by atoms with Crippen LogP contribution in [0.2, 0.25) is 5.02 Å². The Morgan fingerprint density at radius 1 is 1.24 bits per heavy atom. The molecule has 0 atom stereocenters. The van der Waals surface area contributed by atoms with Crippen LogP contribution in [0.5, 0.6) is 0 Å². The minimum atomic E-state index is -3.61. The molecule has 0 aliphatic carbocycles. The van der Waals surface area contributed by atoms with E-state index >= 15 is 0 Å². The average Bonchev–Trinajstić information content (AvgIpc) is 2.47. The number of fused-ring (bicyclic) bond motifs is 1. The summed E-state index contributed by atoms with van der Waals surface area (Å²) < 4.78 is 26.4. The van der Waals surface area contributed by atoms with Crippen molar-refractivity contribution in [3.8, 4) is 0 Å². The van der Waals surface area contributed by atoms with Crippen LogP contribution in [0.4, 0.5) is 0 Å². The summed E-state index contributed by atoms with van der Waals surface area (Å²) in [4.78, 5) is 18.4. The third-order valence-corrected chi connectivity index (χ3v) is 5.54. The molecule has 2 aromatic rings. The van der Waals surface area contributed by atoms with Crippen LogP contribution in [0.1, 0.15) is 11.3 Å². The Bertz CT molecular complexity index is 830. The summed E-state index contributed by atoms with van der Waals surface area (Å²) in [6, 6.07) is 6.02. The molecule has 1 aromatic carbocycles. The number of benzene rings is 1. The van der Waals surface area contributed by atoms with Crippen molar-refractivity contribution in [3.63, 3.8) is 0 Å². The van der Waals surface area contributed by atoms with E-state index in [0.717, 1.165) is 0 Å². The predicted octanol–water partition coefficient (Wildman–Crippen LogP) is 1.17. The third kappa shape index (κ3) is 2.59. The van der Waals surface area contributed by atoms with Crippen molar-refractivity contribution >= 4 is 21.6 Å². The molecular formula is C13H12ClN3O3S. The predicted molar refractivity (Wildman–Crippen MR) is 77.6 cm³/mol. The highest BCUT2D eigenvalue weighted by molar-refractivity contribution is 7.89. The van der Waals surface area contributed by atoms with Gasteiger partial charge in [-0.05, 0) is 30.7 Å². The largest absolute Gasteiger partial charge is 0.313 e. The molecule has 110 valence electrons. The van der Waals surface area contributed by atoms with Crippen molar-refractivity contribution in [1.29, 1.82) is 0 Å². The maximum Gasteiger partial charge on any atom is 0.254 e. The number of sulfonamides is 1. The van der Waals surface area contributed by atoms with Crippen molar-refractivity contribution in [1.82, 2.24) is 14.3 Å². The van der Waals surface area contributed by atoms with Gasteiger partial charge in [0, 0.05) is 17.1 Å². The summed E-state index contributed by atoms with van der Waals surface area (Å²) in [6.45, 7) is 0.358. The second-order valence-corrected chi connectivity index (χ2v) is 7.07. The maximum atomic E-state index is 12.6. The summed E-state index contributed by atoms with van der Waals surface area (Å²) in [5.74, 6) is 0. The third-order valence-electron chi connectivity index (χ3n) is 3.43. The molecule has 8 heteroatoms. The summed E-state index contributed by atoms with van der Waals surface area (Å²) >= 11 is 5.78. The van der Waals surface area contributed by atoms with Gasteiger partial charge in [-0.25, -0.2) is 13.4 Å². The Morgan fingerprint density at radius 3 is 2.67 bits per heavy atom. The molecule has 0 saturated carbocycles. The molecule has 3 rings (SSSR count). The number of nitrogens with one attached hydrogen (secondary N) is 1. The fraction of sp³-hybridized carbons (Fsp3) is 0.231. The van der Waals surface area contributed by atoms with Crippen LogP contribution in [-0.4, -0.2) is 29.2 Å². The molecule has 1 aliphatic heterocycles. The topological polar surface area (TPSA) is 83.1 Å². The van der Waals surface area contributed by atoms with E-state index < -0.39 is 10.0 Å². The van der Waals surface area contributed by atoms with Crippen molar-refractivity contribution in [2.45, 2.75) is 17.9 Å². The van der Waals surface area contributed by atoms with E-state index in [4.69, 9.17) is 11.6 Å². The van der Waals surface area contributed by atoms with Gasteiger partial charge in [-0.15, -0.1) is 0 Å². The monoisotopic (exact) mass is 325 g/mol. The highest BCUT2D eigenvalue weighted by atomic mass is 35.5. The quantitative estimate of drug-likeness (QED) is 0.898. The Hall–Kier alpha value is -1.70. The molecule has 0 bridgehead atoms. The van der Waals surface area contributed by atoms with Gasteiger partial charge < -0.3 is 4.98 Å². The number of hydrogen-bond donors (Lipinski definition) is 1. The van der Waals surface area contributed by atoms with Crippen LogP contribution >= 0.6 is 11.6 Å². The lowest BCUT2D eigenvalue weighted by Crippen LogP contribution is -2.38. The van der Waals surface area contributed by atoms with Gasteiger partial charge in [0.05, 0.1) is 23.5 Å². The van der Waals surface area contributed by atoms with E-state index in [9.17, 15) is 13.2 Å². The molecule has 1 aromatic heterocycles. The Morgan fingerprint density at radius 2 is 1.95 bits per heavy atom. The Balaban J connectivity index is 1.95. The van der Waals surface area contributed by atoms with Gasteiger partial charge in [0.25, 0.3) is 5.56 Å². The number of hydrogen-bond acceptors (Lipinski definition) is 4. The molecule has 0 unspecified atom stereocenters. The van der Waals surface area contributed by atoms with Gasteiger partial charge in [0.2, 0.25) is 10.0 Å². The Kier molecular flexibility index (Phi) is 3.56. The summed E-state index contributed by atoms with van der Waals surface area (Å²) in [5, 5.41) is 0.478. The van der Waals surface area contributed by atoms with Crippen molar-refractivity contribution in [2.75, 3.05) is 6.54 Å². The van der Waals surface area contributed by atoms with Gasteiger partial charge in [-0.1, -0.05) is 11.6 Å². The molecule has 0 fully saturated rings. The number of H-pyrrole nitrogens is 1. The average molecular weight is 326 g/mol. The molecule has 0 saturated heterocycles.